The molecule has 0 aliphatic carbocycles. The van der Waals surface area contributed by atoms with Gasteiger partial charge in [0.15, 0.2) is 11.6 Å². The number of benzene rings is 3. The van der Waals surface area contributed by atoms with Crippen LogP contribution in [0.1, 0.15) is 10.4 Å². The lowest BCUT2D eigenvalue weighted by Gasteiger charge is -2.07. The van der Waals surface area contributed by atoms with Gasteiger partial charge in [0.1, 0.15) is 11.6 Å². The molecule has 0 spiro atoms. The second-order valence-electron chi connectivity index (χ2n) is 6.21. The third kappa shape index (κ3) is 4.02. The number of carbonyl (C=O) groups excluding carboxylic acids is 1. The van der Waals surface area contributed by atoms with Crippen LogP contribution in [0.5, 0.6) is 0 Å². The standard InChI is InChI=1S/C22H13ClF2N2O2/c23-16-7-1-13(2-8-16)19-20(14-3-9-17(24)10-4-14)29-27-21(19)26-22(28)15-5-11-18(25)12-6-15/h1-12H,(H,26,27,28). The van der Waals surface area contributed by atoms with Crippen LogP contribution in [0.3, 0.4) is 0 Å². The third-order valence-electron chi connectivity index (χ3n) is 4.27. The molecule has 7 heteroatoms. The highest BCUT2D eigenvalue weighted by molar-refractivity contribution is 6.30. The van der Waals surface area contributed by atoms with Crippen molar-refractivity contribution in [3.05, 3.63) is 95.0 Å². The van der Waals surface area contributed by atoms with Gasteiger partial charge in [-0.1, -0.05) is 28.9 Å². The van der Waals surface area contributed by atoms with E-state index >= 15 is 0 Å². The summed E-state index contributed by atoms with van der Waals surface area (Å²) < 4.78 is 31.9. The van der Waals surface area contributed by atoms with Gasteiger partial charge in [0.05, 0.1) is 5.56 Å². The van der Waals surface area contributed by atoms with Gasteiger partial charge in [0, 0.05) is 16.1 Å². The molecule has 0 aliphatic heterocycles. The molecule has 3 aromatic carbocycles. The fourth-order valence-electron chi connectivity index (χ4n) is 2.84. The van der Waals surface area contributed by atoms with Crippen molar-refractivity contribution < 1.29 is 18.1 Å². The van der Waals surface area contributed by atoms with E-state index in [-0.39, 0.29) is 17.2 Å². The number of aromatic nitrogens is 1. The van der Waals surface area contributed by atoms with Crippen molar-refractivity contribution in [2.45, 2.75) is 0 Å². The van der Waals surface area contributed by atoms with Crippen LogP contribution in [-0.2, 0) is 0 Å². The molecule has 0 bridgehead atoms. The second-order valence-corrected chi connectivity index (χ2v) is 6.65. The van der Waals surface area contributed by atoms with E-state index in [1.54, 1.807) is 36.4 Å². The summed E-state index contributed by atoms with van der Waals surface area (Å²) >= 11 is 5.98. The fourth-order valence-corrected chi connectivity index (χ4v) is 2.97. The van der Waals surface area contributed by atoms with E-state index in [4.69, 9.17) is 16.1 Å². The van der Waals surface area contributed by atoms with Crippen LogP contribution in [0.2, 0.25) is 5.02 Å². The predicted octanol–water partition coefficient (Wildman–Crippen LogP) is 6.19. The lowest BCUT2D eigenvalue weighted by molar-refractivity contribution is 0.102. The van der Waals surface area contributed by atoms with Gasteiger partial charge in [-0.05, 0) is 66.2 Å². The molecule has 0 saturated carbocycles. The van der Waals surface area contributed by atoms with E-state index in [1.165, 1.54) is 36.4 Å². The smallest absolute Gasteiger partial charge is 0.256 e. The van der Waals surface area contributed by atoms with Crippen LogP contribution >= 0.6 is 11.6 Å². The van der Waals surface area contributed by atoms with Crippen molar-refractivity contribution in [1.29, 1.82) is 0 Å². The van der Waals surface area contributed by atoms with Crippen LogP contribution < -0.4 is 5.32 Å². The highest BCUT2D eigenvalue weighted by Gasteiger charge is 2.21. The number of anilines is 1. The summed E-state index contributed by atoms with van der Waals surface area (Å²) in [5.41, 5.74) is 2.07. The summed E-state index contributed by atoms with van der Waals surface area (Å²) in [6.45, 7) is 0. The zero-order valence-electron chi connectivity index (χ0n) is 14.8. The number of nitrogens with one attached hydrogen (secondary N) is 1. The third-order valence-corrected chi connectivity index (χ3v) is 4.52. The van der Waals surface area contributed by atoms with Gasteiger partial charge >= 0.3 is 0 Å². The summed E-state index contributed by atoms with van der Waals surface area (Å²) in [5.74, 6) is -0.753. The Labute approximate surface area is 169 Å². The average Bonchev–Trinajstić information content (AvgIpc) is 3.13. The van der Waals surface area contributed by atoms with Crippen LogP contribution in [-0.4, -0.2) is 11.1 Å². The van der Waals surface area contributed by atoms with E-state index in [0.29, 0.717) is 27.5 Å². The van der Waals surface area contributed by atoms with E-state index in [0.717, 1.165) is 0 Å². The van der Waals surface area contributed by atoms with Crippen LogP contribution in [0.4, 0.5) is 14.6 Å². The summed E-state index contributed by atoms with van der Waals surface area (Å²) in [4.78, 5) is 12.6. The van der Waals surface area contributed by atoms with Crippen molar-refractivity contribution in [1.82, 2.24) is 5.16 Å². The van der Waals surface area contributed by atoms with Crippen molar-refractivity contribution in [2.75, 3.05) is 5.32 Å². The van der Waals surface area contributed by atoms with Gasteiger partial charge in [0.25, 0.3) is 5.91 Å². The first-order valence-corrected chi connectivity index (χ1v) is 8.97. The number of nitrogens with zero attached hydrogens (tertiary/aromatic N) is 1. The average molecular weight is 411 g/mol. The first-order chi connectivity index (χ1) is 14.0. The quantitative estimate of drug-likeness (QED) is 0.436. The molecule has 1 aromatic heterocycles. The maximum atomic E-state index is 13.3. The Hall–Kier alpha value is -3.51. The van der Waals surface area contributed by atoms with Crippen molar-refractivity contribution >= 4 is 23.3 Å². The molecule has 1 N–H and O–H groups in total. The molecule has 0 aliphatic rings. The Bertz CT molecular complexity index is 1160. The highest BCUT2D eigenvalue weighted by Crippen LogP contribution is 2.38. The Balaban J connectivity index is 1.77. The predicted molar refractivity (Wildman–Crippen MR) is 107 cm³/mol. The number of amides is 1. The van der Waals surface area contributed by atoms with Crippen molar-refractivity contribution in [3.8, 4) is 22.5 Å². The van der Waals surface area contributed by atoms with Gasteiger partial charge in [0.2, 0.25) is 0 Å². The van der Waals surface area contributed by atoms with Gasteiger partial charge in [-0.15, -0.1) is 0 Å². The zero-order valence-corrected chi connectivity index (χ0v) is 15.6. The largest absolute Gasteiger partial charge is 0.353 e. The van der Waals surface area contributed by atoms with Crippen LogP contribution in [0.25, 0.3) is 22.5 Å². The minimum Gasteiger partial charge on any atom is -0.353 e. The zero-order chi connectivity index (χ0) is 20.4. The van der Waals surface area contributed by atoms with Crippen molar-refractivity contribution in [3.63, 3.8) is 0 Å². The summed E-state index contributed by atoms with van der Waals surface area (Å²) in [7, 11) is 0. The summed E-state index contributed by atoms with van der Waals surface area (Å²) in [6, 6.07) is 17.8. The minimum atomic E-state index is -0.473. The van der Waals surface area contributed by atoms with Gasteiger partial charge in [-0.25, -0.2) is 8.78 Å². The fraction of sp³-hybridized carbons (Fsp3) is 0. The van der Waals surface area contributed by atoms with E-state index in [1.807, 2.05) is 0 Å². The molecular weight excluding hydrogens is 398 g/mol. The molecular formula is C22H13ClF2N2O2. The Kier molecular flexibility index (Phi) is 5.10. The van der Waals surface area contributed by atoms with Crippen molar-refractivity contribution in [2.24, 2.45) is 0 Å². The first-order valence-electron chi connectivity index (χ1n) is 8.60. The van der Waals surface area contributed by atoms with Crippen LogP contribution in [0.15, 0.2) is 77.3 Å². The molecule has 1 heterocycles. The molecule has 0 radical (unpaired) electrons. The molecule has 0 atom stereocenters. The normalized spacial score (nSPS) is 10.7. The summed E-state index contributed by atoms with van der Waals surface area (Å²) in [6.07, 6.45) is 0. The molecule has 0 fully saturated rings. The van der Waals surface area contributed by atoms with E-state index in [9.17, 15) is 13.6 Å². The second kappa shape index (κ2) is 7.85. The van der Waals surface area contributed by atoms with Gasteiger partial charge in [-0.3, -0.25) is 4.79 Å². The molecule has 0 unspecified atom stereocenters. The molecule has 4 aromatic rings. The van der Waals surface area contributed by atoms with Gasteiger partial charge < -0.3 is 9.84 Å². The first kappa shape index (κ1) is 18.8. The number of hydrogen-bond donors (Lipinski definition) is 1. The van der Waals surface area contributed by atoms with E-state index in [2.05, 4.69) is 10.5 Å². The van der Waals surface area contributed by atoms with E-state index < -0.39 is 11.7 Å². The Morgan fingerprint density at radius 2 is 1.38 bits per heavy atom. The number of carbonyl (C=O) groups is 1. The lowest BCUT2D eigenvalue weighted by Crippen LogP contribution is -2.12. The molecule has 144 valence electrons. The van der Waals surface area contributed by atoms with Gasteiger partial charge in [-0.2, -0.15) is 0 Å². The monoisotopic (exact) mass is 410 g/mol. The number of halogens is 3. The van der Waals surface area contributed by atoms with Crippen LogP contribution in [0, 0.1) is 11.6 Å². The number of hydrogen-bond acceptors (Lipinski definition) is 3. The summed E-state index contributed by atoms with van der Waals surface area (Å²) in [5, 5.41) is 7.22. The Morgan fingerprint density at radius 3 is 2.00 bits per heavy atom. The molecule has 0 saturated heterocycles. The minimum absolute atomic E-state index is 0.181. The molecule has 4 nitrogen and oxygen atoms in total. The molecule has 4 rings (SSSR count). The number of rotatable bonds is 4. The molecule has 1 amide bonds. The highest BCUT2D eigenvalue weighted by atomic mass is 35.5. The Morgan fingerprint density at radius 1 is 0.828 bits per heavy atom. The maximum absolute atomic E-state index is 13.3. The maximum Gasteiger partial charge on any atom is 0.256 e. The lowest BCUT2D eigenvalue weighted by atomic mass is 10.0. The molecule has 29 heavy (non-hydrogen) atoms. The SMILES string of the molecule is O=C(Nc1noc(-c2ccc(F)cc2)c1-c1ccc(Cl)cc1)c1ccc(F)cc1. The topological polar surface area (TPSA) is 55.1 Å².